The number of hydrogen-bond donors (Lipinski definition) is 0. The maximum Gasteiger partial charge on any atom is 0.341 e. The maximum absolute atomic E-state index is 12.5. The summed E-state index contributed by atoms with van der Waals surface area (Å²) in [5.41, 5.74) is 0.176. The van der Waals surface area contributed by atoms with Crippen molar-refractivity contribution in [2.45, 2.75) is 17.6 Å². The van der Waals surface area contributed by atoms with Gasteiger partial charge in [0.05, 0.1) is 4.90 Å². The molecule has 1 aromatic heterocycles. The molecule has 5 nitrogen and oxygen atoms in total. The first-order chi connectivity index (χ1) is 11.3. The second kappa shape index (κ2) is 7.35. The summed E-state index contributed by atoms with van der Waals surface area (Å²) in [6, 6.07) is 7.80. The van der Waals surface area contributed by atoms with Crippen molar-refractivity contribution in [1.82, 2.24) is 4.98 Å². The van der Waals surface area contributed by atoms with E-state index in [1.807, 2.05) is 0 Å². The molecule has 128 valence electrons. The third-order valence-electron chi connectivity index (χ3n) is 3.21. The van der Waals surface area contributed by atoms with Crippen molar-refractivity contribution in [2.75, 3.05) is 11.4 Å². The molecule has 1 heterocycles. The number of nitrogens with zero attached hydrogens (tertiary/aromatic N) is 2. The number of aromatic nitrogens is 1. The molecule has 2 rings (SSSR count). The molecule has 2 aromatic rings. The van der Waals surface area contributed by atoms with Gasteiger partial charge in [-0.3, -0.25) is 9.69 Å². The first-order valence-electron chi connectivity index (χ1n) is 6.83. The second-order valence-corrected chi connectivity index (χ2v) is 7.55. The SMILES string of the molecule is CCN(C(=O)c1ccc(S(=O)(=O)C(F)F)cc1)c1ccc(Br)cn1. The van der Waals surface area contributed by atoms with E-state index in [0.29, 0.717) is 12.4 Å². The summed E-state index contributed by atoms with van der Waals surface area (Å²) in [6.07, 6.45) is 1.55. The molecule has 0 aliphatic carbocycles. The van der Waals surface area contributed by atoms with Crippen molar-refractivity contribution < 1.29 is 22.0 Å². The van der Waals surface area contributed by atoms with E-state index in [0.717, 1.165) is 16.6 Å². The summed E-state index contributed by atoms with van der Waals surface area (Å²) in [5, 5.41) is 0. The molecule has 0 aliphatic heterocycles. The zero-order valence-electron chi connectivity index (χ0n) is 12.5. The van der Waals surface area contributed by atoms with Crippen LogP contribution in [0.4, 0.5) is 14.6 Å². The van der Waals surface area contributed by atoms with Gasteiger partial charge in [0, 0.05) is 22.8 Å². The number of pyridine rings is 1. The Morgan fingerprint density at radius 2 is 1.83 bits per heavy atom. The van der Waals surface area contributed by atoms with Gasteiger partial charge >= 0.3 is 5.76 Å². The summed E-state index contributed by atoms with van der Waals surface area (Å²) in [5.74, 6) is -3.48. The number of anilines is 1. The molecule has 0 aliphatic rings. The van der Waals surface area contributed by atoms with Crippen LogP contribution in [-0.4, -0.2) is 31.6 Å². The van der Waals surface area contributed by atoms with Gasteiger partial charge in [0.15, 0.2) is 0 Å². The zero-order valence-corrected chi connectivity index (χ0v) is 14.9. The smallest absolute Gasteiger partial charge is 0.293 e. The van der Waals surface area contributed by atoms with Gasteiger partial charge in [-0.15, -0.1) is 0 Å². The molecule has 0 atom stereocenters. The number of halogens is 3. The predicted molar refractivity (Wildman–Crippen MR) is 88.9 cm³/mol. The van der Waals surface area contributed by atoms with Crippen LogP contribution in [0.15, 0.2) is 52.0 Å². The average molecular weight is 419 g/mol. The average Bonchev–Trinajstić information content (AvgIpc) is 2.57. The molecule has 0 N–H and O–H groups in total. The first kappa shape index (κ1) is 18.5. The van der Waals surface area contributed by atoms with E-state index >= 15 is 0 Å². The molecular formula is C15H13BrF2N2O3S. The first-order valence-corrected chi connectivity index (χ1v) is 9.17. The number of sulfone groups is 1. The molecule has 0 bridgehead atoms. The van der Waals surface area contributed by atoms with E-state index in [4.69, 9.17) is 0 Å². The highest BCUT2D eigenvalue weighted by atomic mass is 79.9. The van der Waals surface area contributed by atoms with Crippen LogP contribution in [-0.2, 0) is 9.84 Å². The lowest BCUT2D eigenvalue weighted by molar-refractivity contribution is 0.0987. The van der Waals surface area contributed by atoms with Crippen molar-refractivity contribution in [1.29, 1.82) is 0 Å². The van der Waals surface area contributed by atoms with Gasteiger partial charge < -0.3 is 0 Å². The minimum absolute atomic E-state index is 0.176. The fourth-order valence-corrected chi connectivity index (χ4v) is 2.94. The standard InChI is InChI=1S/C15H13BrF2N2O3S/c1-2-20(13-8-5-11(16)9-19-13)14(21)10-3-6-12(7-4-10)24(22,23)15(17)18/h3-9,15H,2H2,1H3. The Morgan fingerprint density at radius 3 is 2.29 bits per heavy atom. The van der Waals surface area contributed by atoms with E-state index in [2.05, 4.69) is 20.9 Å². The molecule has 24 heavy (non-hydrogen) atoms. The second-order valence-electron chi connectivity index (χ2n) is 4.71. The highest BCUT2D eigenvalue weighted by Gasteiger charge is 2.27. The Labute approximate surface area is 146 Å². The van der Waals surface area contributed by atoms with Gasteiger partial charge in [-0.2, -0.15) is 8.78 Å². The van der Waals surface area contributed by atoms with Crippen molar-refractivity contribution in [3.05, 3.63) is 52.6 Å². The molecule has 0 saturated heterocycles. The Bertz CT molecular complexity index is 825. The van der Waals surface area contributed by atoms with Crippen LogP contribution in [0.3, 0.4) is 0 Å². The van der Waals surface area contributed by atoms with Crippen LogP contribution in [0.25, 0.3) is 0 Å². The lowest BCUT2D eigenvalue weighted by Gasteiger charge is -2.20. The number of carbonyl (C=O) groups is 1. The fourth-order valence-electron chi connectivity index (χ4n) is 1.98. The number of benzene rings is 1. The number of amides is 1. The molecule has 9 heteroatoms. The summed E-state index contributed by atoms with van der Waals surface area (Å²) in [4.78, 5) is 17.5. The van der Waals surface area contributed by atoms with Crippen LogP contribution >= 0.6 is 15.9 Å². The number of carbonyl (C=O) groups excluding carboxylic acids is 1. The Hall–Kier alpha value is -1.87. The molecule has 0 unspecified atom stereocenters. The normalized spacial score (nSPS) is 11.5. The monoisotopic (exact) mass is 418 g/mol. The quantitative estimate of drug-likeness (QED) is 0.744. The van der Waals surface area contributed by atoms with E-state index in [1.54, 1.807) is 25.3 Å². The molecule has 0 saturated carbocycles. The Morgan fingerprint density at radius 1 is 1.21 bits per heavy atom. The lowest BCUT2D eigenvalue weighted by atomic mass is 10.2. The van der Waals surface area contributed by atoms with Gasteiger partial charge in [0.2, 0.25) is 9.84 Å². The molecular weight excluding hydrogens is 406 g/mol. The molecule has 1 amide bonds. The van der Waals surface area contributed by atoms with Crippen LogP contribution < -0.4 is 4.90 Å². The maximum atomic E-state index is 12.5. The van der Waals surface area contributed by atoms with Gasteiger partial charge in [0.1, 0.15) is 5.82 Å². The molecule has 1 aromatic carbocycles. The van der Waals surface area contributed by atoms with Crippen LogP contribution in [0.2, 0.25) is 0 Å². The molecule has 0 spiro atoms. The highest BCUT2D eigenvalue weighted by molar-refractivity contribution is 9.10. The van der Waals surface area contributed by atoms with Crippen LogP contribution in [0.5, 0.6) is 0 Å². The number of rotatable bonds is 5. The molecule has 0 fully saturated rings. The van der Waals surface area contributed by atoms with E-state index in [9.17, 15) is 22.0 Å². The fraction of sp³-hybridized carbons (Fsp3) is 0.200. The van der Waals surface area contributed by atoms with Gasteiger partial charge in [-0.05, 0) is 59.3 Å². The summed E-state index contributed by atoms with van der Waals surface area (Å²) >= 11 is 3.25. The largest absolute Gasteiger partial charge is 0.341 e. The third kappa shape index (κ3) is 3.78. The van der Waals surface area contributed by atoms with Gasteiger partial charge in [-0.1, -0.05) is 0 Å². The van der Waals surface area contributed by atoms with Crippen molar-refractivity contribution in [3.8, 4) is 0 Å². The summed E-state index contributed by atoms with van der Waals surface area (Å²) in [6.45, 7) is 2.10. The Kier molecular flexibility index (Phi) is 5.66. The number of alkyl halides is 2. The minimum atomic E-state index is -4.68. The predicted octanol–water partition coefficient (Wildman–Crippen LogP) is 3.51. The van der Waals surface area contributed by atoms with Crippen LogP contribution in [0, 0.1) is 0 Å². The van der Waals surface area contributed by atoms with Gasteiger partial charge in [-0.25, -0.2) is 13.4 Å². The summed E-state index contributed by atoms with van der Waals surface area (Å²) in [7, 11) is -4.68. The van der Waals surface area contributed by atoms with Crippen molar-refractivity contribution >= 4 is 37.5 Å². The number of hydrogen-bond acceptors (Lipinski definition) is 4. The van der Waals surface area contributed by atoms with Crippen molar-refractivity contribution in [3.63, 3.8) is 0 Å². The Balaban J connectivity index is 2.30. The molecule has 0 radical (unpaired) electrons. The van der Waals surface area contributed by atoms with E-state index in [-0.39, 0.29) is 5.56 Å². The highest BCUT2D eigenvalue weighted by Crippen LogP contribution is 2.21. The summed E-state index contributed by atoms with van der Waals surface area (Å²) < 4.78 is 48.6. The topological polar surface area (TPSA) is 67.3 Å². The minimum Gasteiger partial charge on any atom is -0.293 e. The zero-order chi connectivity index (χ0) is 17.9. The van der Waals surface area contributed by atoms with E-state index in [1.165, 1.54) is 17.0 Å². The van der Waals surface area contributed by atoms with Gasteiger partial charge in [0.25, 0.3) is 5.91 Å². The van der Waals surface area contributed by atoms with Crippen LogP contribution in [0.1, 0.15) is 17.3 Å². The van der Waals surface area contributed by atoms with E-state index < -0.39 is 26.4 Å². The lowest BCUT2D eigenvalue weighted by Crippen LogP contribution is -2.31. The van der Waals surface area contributed by atoms with Crippen molar-refractivity contribution in [2.24, 2.45) is 0 Å². The third-order valence-corrected chi connectivity index (χ3v) is 5.08.